The first-order valence-corrected chi connectivity index (χ1v) is 9.25. The van der Waals surface area contributed by atoms with Crippen LogP contribution in [-0.4, -0.2) is 56.2 Å². The van der Waals surface area contributed by atoms with E-state index in [2.05, 4.69) is 48.4 Å². The van der Waals surface area contributed by atoms with Gasteiger partial charge in [0.15, 0.2) is 5.96 Å². The third-order valence-electron chi connectivity index (χ3n) is 4.35. The average molecular weight is 332 g/mol. The number of benzene rings is 1. The number of fused-ring (bicyclic) bond motifs is 1. The molecule has 2 rings (SSSR count). The lowest BCUT2D eigenvalue weighted by Crippen LogP contribution is -2.39. The molecule has 0 spiro atoms. The van der Waals surface area contributed by atoms with Gasteiger partial charge in [0.1, 0.15) is 11.9 Å². The van der Waals surface area contributed by atoms with Gasteiger partial charge >= 0.3 is 0 Å². The van der Waals surface area contributed by atoms with Crippen LogP contribution in [0, 0.1) is 0 Å². The Kier molecular flexibility index (Phi) is 7.89. The molecule has 5 heteroatoms. The van der Waals surface area contributed by atoms with Crippen LogP contribution >= 0.6 is 0 Å². The van der Waals surface area contributed by atoms with Crippen LogP contribution in [0.4, 0.5) is 0 Å². The maximum atomic E-state index is 5.95. The molecular weight excluding hydrogens is 300 g/mol. The van der Waals surface area contributed by atoms with Crippen molar-refractivity contribution >= 4 is 5.96 Å². The summed E-state index contributed by atoms with van der Waals surface area (Å²) in [4.78, 5) is 7.13. The minimum Gasteiger partial charge on any atom is -0.488 e. The Labute approximate surface area is 146 Å². The largest absolute Gasteiger partial charge is 0.488 e. The van der Waals surface area contributed by atoms with Crippen LogP contribution in [0.3, 0.4) is 0 Å². The Morgan fingerprint density at radius 3 is 2.71 bits per heavy atom. The smallest absolute Gasteiger partial charge is 0.191 e. The van der Waals surface area contributed by atoms with Gasteiger partial charge in [0, 0.05) is 19.5 Å². The SMILES string of the molecule is CCNC(=NCC1Cc2ccccc2O1)NCCCN(CC)CC. The fraction of sp³-hybridized carbons (Fsp3) is 0.632. The Bertz CT molecular complexity index is 489. The molecular formula is C19H32N4O. The van der Waals surface area contributed by atoms with Crippen molar-refractivity contribution in [1.29, 1.82) is 0 Å². The zero-order valence-corrected chi connectivity index (χ0v) is 15.3. The molecule has 1 aromatic carbocycles. The summed E-state index contributed by atoms with van der Waals surface area (Å²) in [6.07, 6.45) is 2.21. The highest BCUT2D eigenvalue weighted by atomic mass is 16.5. The Hall–Kier alpha value is -1.75. The van der Waals surface area contributed by atoms with Gasteiger partial charge in [-0.15, -0.1) is 0 Å². The van der Waals surface area contributed by atoms with Crippen LogP contribution < -0.4 is 15.4 Å². The Morgan fingerprint density at radius 2 is 2.00 bits per heavy atom. The summed E-state index contributed by atoms with van der Waals surface area (Å²) in [7, 11) is 0. The van der Waals surface area contributed by atoms with Crippen molar-refractivity contribution in [3.05, 3.63) is 29.8 Å². The van der Waals surface area contributed by atoms with E-state index in [9.17, 15) is 0 Å². The van der Waals surface area contributed by atoms with E-state index in [1.165, 1.54) is 5.56 Å². The van der Waals surface area contributed by atoms with Gasteiger partial charge in [0.05, 0.1) is 6.54 Å². The molecule has 1 unspecified atom stereocenters. The molecule has 134 valence electrons. The molecule has 0 aliphatic carbocycles. The van der Waals surface area contributed by atoms with Crippen LogP contribution in [-0.2, 0) is 6.42 Å². The van der Waals surface area contributed by atoms with E-state index in [-0.39, 0.29) is 6.10 Å². The van der Waals surface area contributed by atoms with E-state index in [1.54, 1.807) is 0 Å². The summed E-state index contributed by atoms with van der Waals surface area (Å²) in [5.41, 5.74) is 1.29. The van der Waals surface area contributed by atoms with Gasteiger partial charge in [-0.25, -0.2) is 4.99 Å². The predicted molar refractivity (Wildman–Crippen MR) is 101 cm³/mol. The number of nitrogens with one attached hydrogen (secondary N) is 2. The number of rotatable bonds is 9. The van der Waals surface area contributed by atoms with Gasteiger partial charge in [-0.3, -0.25) is 0 Å². The van der Waals surface area contributed by atoms with Crippen LogP contribution in [0.2, 0.25) is 0 Å². The van der Waals surface area contributed by atoms with Gasteiger partial charge in [-0.05, 0) is 44.6 Å². The third kappa shape index (κ3) is 5.71. The summed E-state index contributed by atoms with van der Waals surface area (Å²) in [6, 6.07) is 8.26. The van der Waals surface area contributed by atoms with Crippen molar-refractivity contribution in [2.75, 3.05) is 39.3 Å². The summed E-state index contributed by atoms with van der Waals surface area (Å²) < 4.78 is 5.95. The number of guanidine groups is 1. The van der Waals surface area contributed by atoms with Crippen molar-refractivity contribution in [1.82, 2.24) is 15.5 Å². The first-order valence-electron chi connectivity index (χ1n) is 9.25. The zero-order chi connectivity index (χ0) is 17.2. The van der Waals surface area contributed by atoms with Crippen molar-refractivity contribution in [3.8, 4) is 5.75 Å². The maximum absolute atomic E-state index is 5.95. The first-order chi connectivity index (χ1) is 11.8. The molecule has 0 saturated heterocycles. The monoisotopic (exact) mass is 332 g/mol. The molecule has 5 nitrogen and oxygen atoms in total. The van der Waals surface area contributed by atoms with Gasteiger partial charge in [-0.2, -0.15) is 0 Å². The molecule has 0 bridgehead atoms. The van der Waals surface area contributed by atoms with E-state index in [4.69, 9.17) is 9.73 Å². The Balaban J connectivity index is 1.75. The number of aliphatic imine (C=N–C) groups is 1. The summed E-state index contributed by atoms with van der Waals surface area (Å²) in [6.45, 7) is 12.4. The zero-order valence-electron chi connectivity index (χ0n) is 15.3. The number of hydrogen-bond donors (Lipinski definition) is 2. The molecule has 1 atom stereocenters. The summed E-state index contributed by atoms with van der Waals surface area (Å²) in [5, 5.41) is 6.74. The molecule has 1 heterocycles. The molecule has 1 aliphatic heterocycles. The predicted octanol–water partition coefficient (Wildman–Crippen LogP) is 2.28. The summed E-state index contributed by atoms with van der Waals surface area (Å²) >= 11 is 0. The third-order valence-corrected chi connectivity index (χ3v) is 4.35. The highest BCUT2D eigenvalue weighted by Crippen LogP contribution is 2.28. The lowest BCUT2D eigenvalue weighted by Gasteiger charge is -2.18. The van der Waals surface area contributed by atoms with Crippen molar-refractivity contribution < 1.29 is 4.74 Å². The molecule has 1 aromatic rings. The second kappa shape index (κ2) is 10.2. The number of ether oxygens (including phenoxy) is 1. The van der Waals surface area contributed by atoms with Crippen LogP contribution in [0.1, 0.15) is 32.8 Å². The summed E-state index contributed by atoms with van der Waals surface area (Å²) in [5.74, 6) is 1.89. The fourth-order valence-electron chi connectivity index (χ4n) is 2.94. The topological polar surface area (TPSA) is 48.9 Å². The molecule has 0 fully saturated rings. The lowest BCUT2D eigenvalue weighted by molar-refractivity contribution is 0.241. The van der Waals surface area contributed by atoms with Gasteiger partial charge in [0.25, 0.3) is 0 Å². The maximum Gasteiger partial charge on any atom is 0.191 e. The number of hydrogen-bond acceptors (Lipinski definition) is 3. The normalized spacial score (nSPS) is 16.8. The van der Waals surface area contributed by atoms with Crippen molar-refractivity contribution in [2.45, 2.75) is 39.7 Å². The molecule has 0 amide bonds. The second-order valence-electron chi connectivity index (χ2n) is 6.08. The van der Waals surface area contributed by atoms with Crippen molar-refractivity contribution in [3.63, 3.8) is 0 Å². The standard InChI is InChI=1S/C19H32N4O/c1-4-20-19(21-12-9-13-23(5-2)6-3)22-15-17-14-16-10-7-8-11-18(16)24-17/h7-8,10-11,17H,4-6,9,12-15H2,1-3H3,(H2,20,21,22). The van der Waals surface area contributed by atoms with Crippen LogP contribution in [0.5, 0.6) is 5.75 Å². The van der Waals surface area contributed by atoms with Gasteiger partial charge in [0.2, 0.25) is 0 Å². The Morgan fingerprint density at radius 1 is 1.21 bits per heavy atom. The van der Waals surface area contributed by atoms with E-state index >= 15 is 0 Å². The molecule has 0 radical (unpaired) electrons. The minimum absolute atomic E-state index is 0.147. The minimum atomic E-state index is 0.147. The molecule has 0 aromatic heterocycles. The number of para-hydroxylation sites is 1. The van der Waals surface area contributed by atoms with Crippen LogP contribution in [0.25, 0.3) is 0 Å². The highest BCUT2D eigenvalue weighted by molar-refractivity contribution is 5.79. The molecule has 2 N–H and O–H groups in total. The number of nitrogens with zero attached hydrogens (tertiary/aromatic N) is 2. The van der Waals surface area contributed by atoms with Crippen LogP contribution in [0.15, 0.2) is 29.3 Å². The molecule has 1 aliphatic rings. The lowest BCUT2D eigenvalue weighted by atomic mass is 10.1. The van der Waals surface area contributed by atoms with E-state index < -0.39 is 0 Å². The van der Waals surface area contributed by atoms with Gasteiger partial charge < -0.3 is 20.3 Å². The van der Waals surface area contributed by atoms with E-state index in [0.717, 1.165) is 57.3 Å². The fourth-order valence-corrected chi connectivity index (χ4v) is 2.94. The average Bonchev–Trinajstić information content (AvgIpc) is 3.02. The van der Waals surface area contributed by atoms with E-state index in [0.29, 0.717) is 6.54 Å². The first kappa shape index (κ1) is 18.6. The molecule has 24 heavy (non-hydrogen) atoms. The highest BCUT2D eigenvalue weighted by Gasteiger charge is 2.21. The second-order valence-corrected chi connectivity index (χ2v) is 6.08. The van der Waals surface area contributed by atoms with E-state index in [1.807, 2.05) is 12.1 Å². The van der Waals surface area contributed by atoms with Crippen molar-refractivity contribution in [2.24, 2.45) is 4.99 Å². The van der Waals surface area contributed by atoms with Gasteiger partial charge in [-0.1, -0.05) is 32.0 Å². The molecule has 0 saturated carbocycles. The quantitative estimate of drug-likeness (QED) is 0.414.